The number of hydrazone groups is 1. The van der Waals surface area contributed by atoms with Crippen LogP contribution >= 0.6 is 0 Å². The van der Waals surface area contributed by atoms with Gasteiger partial charge in [0, 0.05) is 18.7 Å². The van der Waals surface area contributed by atoms with Crippen molar-refractivity contribution in [2.75, 3.05) is 6.54 Å². The summed E-state index contributed by atoms with van der Waals surface area (Å²) in [6.07, 6.45) is -0.345. The van der Waals surface area contributed by atoms with Gasteiger partial charge in [0.1, 0.15) is 6.17 Å². The highest BCUT2D eigenvalue weighted by Crippen LogP contribution is 2.33. The van der Waals surface area contributed by atoms with Crippen molar-refractivity contribution in [2.45, 2.75) is 39.4 Å². The van der Waals surface area contributed by atoms with Crippen molar-refractivity contribution < 1.29 is 9.72 Å². The zero-order chi connectivity index (χ0) is 24.2. The Bertz CT molecular complexity index is 1190. The molecule has 7 nitrogen and oxygen atoms in total. The summed E-state index contributed by atoms with van der Waals surface area (Å²) < 4.78 is 0. The lowest BCUT2D eigenvalue weighted by Gasteiger charge is -2.28. The summed E-state index contributed by atoms with van der Waals surface area (Å²) in [7, 11) is 0. The Balaban J connectivity index is 1.68. The summed E-state index contributed by atoms with van der Waals surface area (Å²) in [6, 6.07) is 24.6. The lowest BCUT2D eigenvalue weighted by atomic mass is 10.0. The third kappa shape index (κ3) is 5.05. The third-order valence-electron chi connectivity index (χ3n) is 6.05. The molecule has 1 amide bonds. The van der Waals surface area contributed by atoms with E-state index in [9.17, 15) is 14.9 Å². The van der Waals surface area contributed by atoms with E-state index in [2.05, 4.69) is 55.1 Å². The van der Waals surface area contributed by atoms with E-state index in [1.54, 1.807) is 17.1 Å². The molecule has 0 N–H and O–H groups in total. The topological polar surface area (TPSA) is 79.0 Å². The Morgan fingerprint density at radius 3 is 2.26 bits per heavy atom. The predicted octanol–water partition coefficient (Wildman–Crippen LogP) is 5.49. The summed E-state index contributed by atoms with van der Waals surface area (Å²) in [6.45, 7) is 6.99. The van der Waals surface area contributed by atoms with Gasteiger partial charge >= 0.3 is 0 Å². The van der Waals surface area contributed by atoms with E-state index < -0.39 is 4.92 Å². The number of amides is 1. The van der Waals surface area contributed by atoms with E-state index in [-0.39, 0.29) is 24.3 Å². The first-order valence-electron chi connectivity index (χ1n) is 11.3. The summed E-state index contributed by atoms with van der Waals surface area (Å²) in [5.74, 6) is 0.327. The molecule has 1 fully saturated rings. The minimum Gasteiger partial charge on any atom is -0.271 e. The Morgan fingerprint density at radius 2 is 1.68 bits per heavy atom. The molecule has 3 aromatic carbocycles. The Hall–Kier alpha value is -3.84. The monoisotopic (exact) mass is 456 g/mol. The number of non-ortho nitro benzene ring substituents is 1. The highest BCUT2D eigenvalue weighted by molar-refractivity contribution is 5.99. The van der Waals surface area contributed by atoms with Gasteiger partial charge in [0.25, 0.3) is 11.6 Å². The van der Waals surface area contributed by atoms with Crippen LogP contribution in [0.15, 0.2) is 84.0 Å². The lowest BCUT2D eigenvalue weighted by molar-refractivity contribution is -0.384. The number of carbonyl (C=O) groups excluding carboxylic acids is 1. The molecular weight excluding hydrogens is 428 g/mol. The minimum atomic E-state index is -0.432. The van der Waals surface area contributed by atoms with Crippen molar-refractivity contribution in [3.05, 3.63) is 111 Å². The Kier molecular flexibility index (Phi) is 6.84. The zero-order valence-electron chi connectivity index (χ0n) is 19.6. The van der Waals surface area contributed by atoms with Crippen LogP contribution in [0.2, 0.25) is 0 Å². The number of hydrogen-bond donors (Lipinski definition) is 0. The smallest absolute Gasteiger partial charge is 0.269 e. The molecule has 1 heterocycles. The summed E-state index contributed by atoms with van der Waals surface area (Å²) in [4.78, 5) is 25.8. The van der Waals surface area contributed by atoms with Crippen LogP contribution in [0, 0.1) is 10.1 Å². The van der Waals surface area contributed by atoms with Gasteiger partial charge in [-0.2, -0.15) is 5.10 Å². The van der Waals surface area contributed by atoms with E-state index in [0.717, 1.165) is 16.7 Å². The Labute approximate surface area is 199 Å². The standard InChI is InChI=1S/C27H28N4O3/c1-19(2)22-9-11-24(12-10-22)27-29(17-21-7-5-4-6-8-21)18-26(32)30(27)28-20(3)23-13-15-25(16-14-23)31(33)34/h4-16,19,27H,17-18H2,1-3H3/b28-20-/t27-/m0/s1. The fourth-order valence-electron chi connectivity index (χ4n) is 4.14. The molecule has 0 unspecified atom stereocenters. The fraction of sp³-hybridized carbons (Fsp3) is 0.259. The second kappa shape index (κ2) is 9.97. The first kappa shape index (κ1) is 23.3. The van der Waals surface area contributed by atoms with Crippen molar-refractivity contribution in [3.8, 4) is 0 Å². The van der Waals surface area contributed by atoms with Crippen molar-refractivity contribution in [1.82, 2.24) is 9.91 Å². The number of carbonyl (C=O) groups is 1. The van der Waals surface area contributed by atoms with Crippen molar-refractivity contribution >= 4 is 17.3 Å². The Morgan fingerprint density at radius 1 is 1.03 bits per heavy atom. The van der Waals surface area contributed by atoms with Crippen LogP contribution < -0.4 is 0 Å². The molecule has 0 aliphatic carbocycles. The lowest BCUT2D eigenvalue weighted by Crippen LogP contribution is -2.29. The molecule has 7 heteroatoms. The number of nitro groups is 1. The average molecular weight is 457 g/mol. The first-order chi connectivity index (χ1) is 16.3. The predicted molar refractivity (Wildman–Crippen MR) is 132 cm³/mol. The first-order valence-corrected chi connectivity index (χ1v) is 11.3. The molecule has 1 aliphatic rings. The van der Waals surface area contributed by atoms with E-state index in [1.807, 2.05) is 25.1 Å². The largest absolute Gasteiger partial charge is 0.271 e. The molecule has 0 saturated carbocycles. The van der Waals surface area contributed by atoms with Gasteiger partial charge in [-0.1, -0.05) is 68.4 Å². The molecule has 174 valence electrons. The maximum Gasteiger partial charge on any atom is 0.269 e. The normalized spacial score (nSPS) is 16.9. The molecule has 0 spiro atoms. The van der Waals surface area contributed by atoms with E-state index in [1.165, 1.54) is 17.7 Å². The van der Waals surface area contributed by atoms with Gasteiger partial charge in [0.15, 0.2) is 0 Å². The van der Waals surface area contributed by atoms with Crippen LogP contribution in [0.1, 0.15) is 55.1 Å². The van der Waals surface area contributed by atoms with Gasteiger partial charge in [0.05, 0.1) is 17.2 Å². The molecule has 3 aromatic rings. The number of hydrogen-bond acceptors (Lipinski definition) is 5. The van der Waals surface area contributed by atoms with E-state index in [4.69, 9.17) is 5.10 Å². The number of benzene rings is 3. The highest BCUT2D eigenvalue weighted by atomic mass is 16.6. The summed E-state index contributed by atoms with van der Waals surface area (Å²) in [5, 5.41) is 17.2. The van der Waals surface area contributed by atoms with Crippen molar-refractivity contribution in [2.24, 2.45) is 5.10 Å². The van der Waals surface area contributed by atoms with Gasteiger partial charge in [0.2, 0.25) is 0 Å². The van der Waals surface area contributed by atoms with Crippen LogP contribution in [-0.4, -0.2) is 33.0 Å². The molecule has 0 radical (unpaired) electrons. The van der Waals surface area contributed by atoms with Gasteiger partial charge in [-0.15, -0.1) is 0 Å². The number of nitro benzene ring substituents is 1. The van der Waals surface area contributed by atoms with Crippen LogP contribution in [0.5, 0.6) is 0 Å². The van der Waals surface area contributed by atoms with E-state index >= 15 is 0 Å². The van der Waals surface area contributed by atoms with E-state index in [0.29, 0.717) is 18.2 Å². The summed E-state index contributed by atoms with van der Waals surface area (Å²) in [5.41, 5.74) is 4.72. The van der Waals surface area contributed by atoms with Crippen LogP contribution in [0.25, 0.3) is 0 Å². The van der Waals surface area contributed by atoms with Gasteiger partial charge in [-0.05, 0) is 47.2 Å². The highest BCUT2D eigenvalue weighted by Gasteiger charge is 2.39. The van der Waals surface area contributed by atoms with Gasteiger partial charge in [-0.25, -0.2) is 5.01 Å². The maximum absolute atomic E-state index is 13.1. The van der Waals surface area contributed by atoms with Gasteiger partial charge < -0.3 is 0 Å². The zero-order valence-corrected chi connectivity index (χ0v) is 19.6. The van der Waals surface area contributed by atoms with Crippen molar-refractivity contribution in [3.63, 3.8) is 0 Å². The third-order valence-corrected chi connectivity index (χ3v) is 6.05. The molecule has 1 atom stereocenters. The van der Waals surface area contributed by atoms with Gasteiger partial charge in [-0.3, -0.25) is 19.8 Å². The molecule has 0 aromatic heterocycles. The molecule has 4 rings (SSSR count). The van der Waals surface area contributed by atoms with Crippen LogP contribution in [0.3, 0.4) is 0 Å². The molecule has 1 saturated heterocycles. The maximum atomic E-state index is 13.1. The molecule has 34 heavy (non-hydrogen) atoms. The second-order valence-electron chi connectivity index (χ2n) is 8.81. The molecule has 0 bridgehead atoms. The SMILES string of the molecule is C/C(=N/N1C(=O)CN(Cc2ccccc2)[C@@H]1c1ccc(C(C)C)cc1)c1ccc([N+](=O)[O-])cc1. The van der Waals surface area contributed by atoms with Crippen LogP contribution in [-0.2, 0) is 11.3 Å². The average Bonchev–Trinajstić information content (AvgIpc) is 3.14. The fourth-order valence-corrected chi connectivity index (χ4v) is 4.14. The molecular formula is C27H28N4O3. The molecule has 1 aliphatic heterocycles. The second-order valence-corrected chi connectivity index (χ2v) is 8.81. The number of nitrogens with zero attached hydrogens (tertiary/aromatic N) is 4. The summed E-state index contributed by atoms with van der Waals surface area (Å²) >= 11 is 0. The van der Waals surface area contributed by atoms with Crippen LogP contribution in [0.4, 0.5) is 5.69 Å². The minimum absolute atomic E-state index is 0.0194. The van der Waals surface area contributed by atoms with Crippen molar-refractivity contribution in [1.29, 1.82) is 0 Å². The number of rotatable bonds is 7. The quantitative estimate of drug-likeness (QED) is 0.268.